The Hall–Kier alpha value is -1.98. The van der Waals surface area contributed by atoms with Crippen LogP contribution in [0.4, 0.5) is 14.5 Å². The van der Waals surface area contributed by atoms with Crippen molar-refractivity contribution >= 4 is 17.5 Å². The average Bonchev–Trinajstić information content (AvgIpc) is 3.23. The van der Waals surface area contributed by atoms with Crippen molar-refractivity contribution in [2.75, 3.05) is 5.32 Å². The number of benzene rings is 1. The van der Waals surface area contributed by atoms with E-state index >= 15 is 0 Å². The molecule has 114 valence electrons. The van der Waals surface area contributed by atoms with Crippen molar-refractivity contribution in [2.45, 2.75) is 32.7 Å². The second-order valence-corrected chi connectivity index (χ2v) is 5.38. The zero-order chi connectivity index (χ0) is 15.6. The molecular formula is C15H18F2N2O2. The fourth-order valence-electron chi connectivity index (χ4n) is 2.04. The van der Waals surface area contributed by atoms with Crippen LogP contribution in [0.3, 0.4) is 0 Å². The van der Waals surface area contributed by atoms with E-state index in [0.717, 1.165) is 18.6 Å². The number of anilines is 1. The maximum Gasteiger partial charge on any atom is 0.228 e. The molecule has 1 saturated carbocycles. The molecule has 0 heterocycles. The van der Waals surface area contributed by atoms with Crippen LogP contribution in [0.25, 0.3) is 0 Å². The number of rotatable bonds is 5. The molecule has 0 aromatic heterocycles. The molecule has 1 aliphatic rings. The molecule has 4 nitrogen and oxygen atoms in total. The zero-order valence-corrected chi connectivity index (χ0v) is 12.0. The van der Waals surface area contributed by atoms with Gasteiger partial charge in [-0.1, -0.05) is 6.92 Å². The molecule has 3 atom stereocenters. The first-order chi connectivity index (χ1) is 9.92. The van der Waals surface area contributed by atoms with E-state index < -0.39 is 17.6 Å². The molecule has 0 aliphatic heterocycles. The number of halogens is 2. The molecule has 2 amide bonds. The highest BCUT2D eigenvalue weighted by Gasteiger charge is 2.48. The van der Waals surface area contributed by atoms with Gasteiger partial charge in [-0.05, 0) is 31.9 Å². The number of hydrogen-bond donors (Lipinski definition) is 2. The Bertz CT molecular complexity index is 563. The molecule has 1 fully saturated rings. The van der Waals surface area contributed by atoms with Crippen LogP contribution >= 0.6 is 0 Å². The molecule has 1 aromatic rings. The Morgan fingerprint density at radius 1 is 1.24 bits per heavy atom. The van der Waals surface area contributed by atoms with Gasteiger partial charge in [-0.2, -0.15) is 0 Å². The van der Waals surface area contributed by atoms with Crippen molar-refractivity contribution in [3.63, 3.8) is 0 Å². The molecule has 21 heavy (non-hydrogen) atoms. The molecule has 6 heteroatoms. The highest BCUT2D eigenvalue weighted by molar-refractivity contribution is 5.99. The maximum absolute atomic E-state index is 13.0. The summed E-state index contributed by atoms with van der Waals surface area (Å²) in [5, 5.41) is 5.33. The quantitative estimate of drug-likeness (QED) is 0.877. The van der Waals surface area contributed by atoms with Crippen molar-refractivity contribution in [3.8, 4) is 0 Å². The number of hydrogen-bond acceptors (Lipinski definition) is 2. The number of carbonyl (C=O) groups excluding carboxylic acids is 2. The highest BCUT2D eigenvalue weighted by Crippen LogP contribution is 2.39. The van der Waals surface area contributed by atoms with Crippen LogP contribution in [-0.2, 0) is 9.59 Å². The lowest BCUT2D eigenvalue weighted by atomic mass is 10.2. The molecule has 1 aliphatic carbocycles. The maximum atomic E-state index is 13.0. The first-order valence-electron chi connectivity index (χ1n) is 6.98. The standard InChI is InChI=1S/C15H18F2N2O2/c1-3-8(2)18-14(20)10-7-11(10)15(21)19-9-4-5-12(16)13(17)6-9/h4-6,8,10-11H,3,7H2,1-2H3,(H,18,20)(H,19,21). The van der Waals surface area contributed by atoms with Crippen molar-refractivity contribution in [3.05, 3.63) is 29.8 Å². The van der Waals surface area contributed by atoms with E-state index in [4.69, 9.17) is 0 Å². The van der Waals surface area contributed by atoms with E-state index in [-0.39, 0.29) is 29.5 Å². The van der Waals surface area contributed by atoms with Gasteiger partial charge < -0.3 is 10.6 Å². The lowest BCUT2D eigenvalue weighted by Gasteiger charge is -2.11. The first kappa shape index (κ1) is 15.4. The Kier molecular flexibility index (Phi) is 4.55. The van der Waals surface area contributed by atoms with Crippen molar-refractivity contribution in [2.24, 2.45) is 11.8 Å². The van der Waals surface area contributed by atoms with Crippen LogP contribution in [0, 0.1) is 23.5 Å². The lowest BCUT2D eigenvalue weighted by molar-refractivity contribution is -0.125. The normalized spacial score (nSPS) is 21.5. The SMILES string of the molecule is CCC(C)NC(=O)C1CC1C(=O)Nc1ccc(F)c(F)c1. The third-order valence-electron chi connectivity index (χ3n) is 3.65. The van der Waals surface area contributed by atoms with E-state index in [1.807, 2.05) is 13.8 Å². The summed E-state index contributed by atoms with van der Waals surface area (Å²) < 4.78 is 25.8. The van der Waals surface area contributed by atoms with Gasteiger partial charge in [0.05, 0.1) is 11.8 Å². The molecule has 0 bridgehead atoms. The summed E-state index contributed by atoms with van der Waals surface area (Å²) in [6, 6.07) is 3.23. The van der Waals surface area contributed by atoms with E-state index in [1.165, 1.54) is 6.07 Å². The predicted octanol–water partition coefficient (Wildman–Crippen LogP) is 2.45. The highest BCUT2D eigenvalue weighted by atomic mass is 19.2. The van der Waals surface area contributed by atoms with Crippen LogP contribution < -0.4 is 10.6 Å². The summed E-state index contributed by atoms with van der Waals surface area (Å²) in [5.41, 5.74) is 0.187. The summed E-state index contributed by atoms with van der Waals surface area (Å²) >= 11 is 0. The topological polar surface area (TPSA) is 58.2 Å². The van der Waals surface area contributed by atoms with Gasteiger partial charge in [0, 0.05) is 17.8 Å². The van der Waals surface area contributed by atoms with Gasteiger partial charge in [0.1, 0.15) is 0 Å². The van der Waals surface area contributed by atoms with Crippen LogP contribution in [-0.4, -0.2) is 17.9 Å². The van der Waals surface area contributed by atoms with Gasteiger partial charge in [-0.25, -0.2) is 8.78 Å². The Morgan fingerprint density at radius 3 is 2.52 bits per heavy atom. The van der Waals surface area contributed by atoms with Crippen molar-refractivity contribution in [1.29, 1.82) is 0 Å². The average molecular weight is 296 g/mol. The molecule has 0 radical (unpaired) electrons. The molecule has 2 rings (SSSR count). The van der Waals surface area contributed by atoms with Crippen LogP contribution in [0.1, 0.15) is 26.7 Å². The minimum atomic E-state index is -1.02. The Morgan fingerprint density at radius 2 is 1.90 bits per heavy atom. The second-order valence-electron chi connectivity index (χ2n) is 5.38. The van der Waals surface area contributed by atoms with Gasteiger partial charge >= 0.3 is 0 Å². The molecule has 3 unspecified atom stereocenters. The minimum absolute atomic E-state index is 0.0769. The third-order valence-corrected chi connectivity index (χ3v) is 3.65. The van der Waals surface area contributed by atoms with Crippen molar-refractivity contribution in [1.82, 2.24) is 5.32 Å². The Labute approximate surface area is 121 Å². The summed E-state index contributed by atoms with van der Waals surface area (Å²) in [4.78, 5) is 23.8. The number of nitrogens with one attached hydrogen (secondary N) is 2. The van der Waals surface area contributed by atoms with Crippen LogP contribution in [0.15, 0.2) is 18.2 Å². The van der Waals surface area contributed by atoms with Gasteiger partial charge in [-0.3, -0.25) is 9.59 Å². The van der Waals surface area contributed by atoms with E-state index in [9.17, 15) is 18.4 Å². The Balaban J connectivity index is 1.88. The van der Waals surface area contributed by atoms with Crippen molar-refractivity contribution < 1.29 is 18.4 Å². The fraction of sp³-hybridized carbons (Fsp3) is 0.467. The van der Waals surface area contributed by atoms with Gasteiger partial charge in [-0.15, -0.1) is 0 Å². The number of amides is 2. The van der Waals surface area contributed by atoms with Gasteiger partial charge in [0.15, 0.2) is 11.6 Å². The van der Waals surface area contributed by atoms with E-state index in [1.54, 1.807) is 0 Å². The first-order valence-corrected chi connectivity index (χ1v) is 6.98. The summed E-state index contributed by atoms with van der Waals surface area (Å²) in [6.45, 7) is 3.86. The minimum Gasteiger partial charge on any atom is -0.353 e. The van der Waals surface area contributed by atoms with E-state index in [0.29, 0.717) is 6.42 Å². The molecule has 0 spiro atoms. The zero-order valence-electron chi connectivity index (χ0n) is 12.0. The predicted molar refractivity (Wildman–Crippen MR) is 74.5 cm³/mol. The molecule has 1 aromatic carbocycles. The second kappa shape index (κ2) is 6.20. The molecule has 0 saturated heterocycles. The fourth-order valence-corrected chi connectivity index (χ4v) is 2.04. The van der Waals surface area contributed by atoms with Crippen LogP contribution in [0.2, 0.25) is 0 Å². The summed E-state index contributed by atoms with van der Waals surface area (Å²) in [6.07, 6.45) is 1.31. The van der Waals surface area contributed by atoms with Crippen LogP contribution in [0.5, 0.6) is 0 Å². The monoisotopic (exact) mass is 296 g/mol. The lowest BCUT2D eigenvalue weighted by Crippen LogP contribution is -2.34. The smallest absolute Gasteiger partial charge is 0.228 e. The van der Waals surface area contributed by atoms with Gasteiger partial charge in [0.2, 0.25) is 11.8 Å². The molecule has 2 N–H and O–H groups in total. The summed E-state index contributed by atoms with van der Waals surface area (Å²) in [7, 11) is 0. The van der Waals surface area contributed by atoms with Gasteiger partial charge in [0.25, 0.3) is 0 Å². The summed E-state index contributed by atoms with van der Waals surface area (Å²) in [5.74, 6) is -3.19. The van der Waals surface area contributed by atoms with E-state index in [2.05, 4.69) is 10.6 Å². The third kappa shape index (κ3) is 3.77. The number of carbonyl (C=O) groups is 2. The molecular weight excluding hydrogens is 278 g/mol. The largest absolute Gasteiger partial charge is 0.353 e.